The molecule has 1 heterocycles. The van der Waals surface area contributed by atoms with E-state index < -0.39 is 0 Å². The summed E-state index contributed by atoms with van der Waals surface area (Å²) >= 11 is 0. The number of nitrogens with zero attached hydrogens (tertiary/aromatic N) is 2. The lowest BCUT2D eigenvalue weighted by atomic mass is 9.99. The average molecular weight is 323 g/mol. The highest BCUT2D eigenvalue weighted by Crippen LogP contribution is 2.39. The Bertz CT molecular complexity index is 695. The molecule has 0 aliphatic heterocycles. The molecule has 24 heavy (non-hydrogen) atoms. The molecular formula is C20H25N3O. The number of hydrogen-bond acceptors (Lipinski definition) is 3. The number of nitrogens with one attached hydrogen (secondary N) is 1. The molecule has 1 saturated carbocycles. The summed E-state index contributed by atoms with van der Waals surface area (Å²) in [5.74, 6) is 0.0968. The summed E-state index contributed by atoms with van der Waals surface area (Å²) in [5.41, 5.74) is 3.57. The van der Waals surface area contributed by atoms with Crippen LogP contribution in [0.3, 0.4) is 0 Å². The maximum atomic E-state index is 12.4. The van der Waals surface area contributed by atoms with Gasteiger partial charge < -0.3 is 5.32 Å². The van der Waals surface area contributed by atoms with Crippen molar-refractivity contribution in [2.45, 2.75) is 38.3 Å². The molecule has 1 fully saturated rings. The summed E-state index contributed by atoms with van der Waals surface area (Å²) in [4.78, 5) is 18.7. The molecule has 1 aliphatic rings. The monoisotopic (exact) mass is 323 g/mol. The van der Waals surface area contributed by atoms with Crippen molar-refractivity contribution in [1.82, 2.24) is 15.2 Å². The molecule has 1 aromatic heterocycles. The molecule has 4 heteroatoms. The van der Waals surface area contributed by atoms with Crippen LogP contribution in [0.5, 0.6) is 0 Å². The van der Waals surface area contributed by atoms with Crippen molar-refractivity contribution in [3.8, 4) is 0 Å². The first-order chi connectivity index (χ1) is 11.6. The van der Waals surface area contributed by atoms with Crippen LogP contribution in [-0.4, -0.2) is 34.9 Å². The van der Waals surface area contributed by atoms with Crippen molar-refractivity contribution in [3.05, 3.63) is 65.5 Å². The number of aryl methyl sites for hydroxylation is 1. The van der Waals surface area contributed by atoms with Gasteiger partial charge in [0, 0.05) is 18.3 Å². The number of carbonyl (C=O) groups is 1. The SMILES string of the molecule is Cc1ccccc1CC1(NC(=O)CN(C)Cc2ccccn2)CC1. The second kappa shape index (κ2) is 7.14. The minimum absolute atomic E-state index is 0.0327. The van der Waals surface area contributed by atoms with Gasteiger partial charge in [-0.05, 0) is 56.5 Å². The Morgan fingerprint density at radius 3 is 2.62 bits per heavy atom. The first-order valence-electron chi connectivity index (χ1n) is 8.50. The van der Waals surface area contributed by atoms with E-state index in [1.165, 1.54) is 11.1 Å². The molecule has 0 bridgehead atoms. The van der Waals surface area contributed by atoms with Gasteiger partial charge in [0.15, 0.2) is 0 Å². The molecule has 2 aromatic rings. The highest BCUT2D eigenvalue weighted by atomic mass is 16.2. The Kier molecular flexibility index (Phi) is 4.95. The normalized spacial score (nSPS) is 15.3. The third kappa shape index (κ3) is 4.42. The topological polar surface area (TPSA) is 45.2 Å². The van der Waals surface area contributed by atoms with Crippen molar-refractivity contribution in [3.63, 3.8) is 0 Å². The van der Waals surface area contributed by atoms with Crippen LogP contribution < -0.4 is 5.32 Å². The van der Waals surface area contributed by atoms with Gasteiger partial charge in [-0.2, -0.15) is 0 Å². The minimum atomic E-state index is -0.0327. The maximum absolute atomic E-state index is 12.4. The van der Waals surface area contributed by atoms with E-state index in [0.29, 0.717) is 13.1 Å². The second-order valence-corrected chi connectivity index (χ2v) is 6.93. The van der Waals surface area contributed by atoms with Crippen LogP contribution in [0, 0.1) is 6.92 Å². The molecule has 0 spiro atoms. The maximum Gasteiger partial charge on any atom is 0.234 e. The minimum Gasteiger partial charge on any atom is -0.349 e. The van der Waals surface area contributed by atoms with E-state index in [1.54, 1.807) is 6.20 Å². The Balaban J connectivity index is 1.52. The average Bonchev–Trinajstić information content (AvgIpc) is 3.29. The molecule has 1 N–H and O–H groups in total. The molecule has 126 valence electrons. The second-order valence-electron chi connectivity index (χ2n) is 6.93. The molecule has 1 aliphatic carbocycles. The number of rotatable bonds is 7. The lowest BCUT2D eigenvalue weighted by Crippen LogP contribution is -2.43. The van der Waals surface area contributed by atoms with Crippen LogP contribution in [0.2, 0.25) is 0 Å². The smallest absolute Gasteiger partial charge is 0.234 e. The number of likely N-dealkylation sites (N-methyl/N-ethyl adjacent to an activating group) is 1. The molecule has 0 unspecified atom stereocenters. The lowest BCUT2D eigenvalue weighted by Gasteiger charge is -2.21. The predicted octanol–water partition coefficient (Wildman–Crippen LogP) is 2.71. The van der Waals surface area contributed by atoms with Gasteiger partial charge in [-0.15, -0.1) is 0 Å². The fourth-order valence-corrected chi connectivity index (χ4v) is 3.07. The zero-order valence-corrected chi connectivity index (χ0v) is 14.5. The molecule has 0 radical (unpaired) electrons. The molecular weight excluding hydrogens is 298 g/mol. The van der Waals surface area contributed by atoms with Crippen molar-refractivity contribution in [2.75, 3.05) is 13.6 Å². The molecule has 3 rings (SSSR count). The highest BCUT2D eigenvalue weighted by Gasteiger charge is 2.44. The number of aromatic nitrogens is 1. The van der Waals surface area contributed by atoms with Crippen molar-refractivity contribution >= 4 is 5.91 Å². The fraction of sp³-hybridized carbons (Fsp3) is 0.400. The molecule has 1 amide bonds. The largest absolute Gasteiger partial charge is 0.349 e. The highest BCUT2D eigenvalue weighted by molar-refractivity contribution is 5.79. The van der Waals surface area contributed by atoms with Crippen molar-refractivity contribution in [2.24, 2.45) is 0 Å². The zero-order valence-electron chi connectivity index (χ0n) is 14.5. The predicted molar refractivity (Wildman–Crippen MR) is 95.6 cm³/mol. The Morgan fingerprint density at radius 1 is 1.21 bits per heavy atom. The third-order valence-electron chi connectivity index (χ3n) is 4.62. The lowest BCUT2D eigenvalue weighted by molar-refractivity contribution is -0.123. The first-order valence-corrected chi connectivity index (χ1v) is 8.50. The summed E-state index contributed by atoms with van der Waals surface area (Å²) in [6.45, 7) is 3.21. The third-order valence-corrected chi connectivity index (χ3v) is 4.62. The van der Waals surface area contributed by atoms with E-state index in [2.05, 4.69) is 41.5 Å². The van der Waals surface area contributed by atoms with Crippen LogP contribution in [-0.2, 0) is 17.8 Å². The van der Waals surface area contributed by atoms with Gasteiger partial charge in [0.2, 0.25) is 5.91 Å². The Labute approximate surface area is 143 Å². The molecule has 0 atom stereocenters. The first kappa shape index (κ1) is 16.7. The molecule has 0 saturated heterocycles. The van der Waals surface area contributed by atoms with E-state index in [1.807, 2.05) is 30.1 Å². The van der Waals surface area contributed by atoms with Crippen LogP contribution in [0.1, 0.15) is 29.7 Å². The number of carbonyl (C=O) groups excluding carboxylic acids is 1. The number of pyridine rings is 1. The van der Waals surface area contributed by atoms with Gasteiger partial charge in [0.05, 0.1) is 12.2 Å². The van der Waals surface area contributed by atoms with E-state index in [4.69, 9.17) is 0 Å². The number of hydrogen-bond donors (Lipinski definition) is 1. The summed E-state index contributed by atoms with van der Waals surface area (Å²) < 4.78 is 0. The Morgan fingerprint density at radius 2 is 1.96 bits per heavy atom. The summed E-state index contributed by atoms with van der Waals surface area (Å²) in [6.07, 6.45) is 4.84. The standard InChI is InChI=1S/C20H25N3O/c1-16-7-3-4-8-17(16)13-20(10-11-20)22-19(24)15-23(2)14-18-9-5-6-12-21-18/h3-9,12H,10-11,13-15H2,1-2H3,(H,22,24). The van der Waals surface area contributed by atoms with Gasteiger partial charge >= 0.3 is 0 Å². The number of amides is 1. The molecule has 4 nitrogen and oxygen atoms in total. The number of benzene rings is 1. The van der Waals surface area contributed by atoms with Gasteiger partial charge in [-0.3, -0.25) is 14.7 Å². The summed E-state index contributed by atoms with van der Waals surface area (Å²) in [7, 11) is 1.95. The molecule has 1 aromatic carbocycles. The van der Waals surface area contributed by atoms with E-state index in [-0.39, 0.29) is 11.4 Å². The van der Waals surface area contributed by atoms with Crippen molar-refractivity contribution in [1.29, 1.82) is 0 Å². The van der Waals surface area contributed by atoms with Crippen LogP contribution in [0.15, 0.2) is 48.7 Å². The van der Waals surface area contributed by atoms with E-state index >= 15 is 0 Å². The Hall–Kier alpha value is -2.20. The summed E-state index contributed by atoms with van der Waals surface area (Å²) in [6, 6.07) is 14.3. The summed E-state index contributed by atoms with van der Waals surface area (Å²) in [5, 5.41) is 3.26. The zero-order chi connectivity index (χ0) is 17.0. The van der Waals surface area contributed by atoms with Gasteiger partial charge in [0.25, 0.3) is 0 Å². The van der Waals surface area contributed by atoms with Gasteiger partial charge in [-0.25, -0.2) is 0 Å². The van der Waals surface area contributed by atoms with Crippen LogP contribution in [0.25, 0.3) is 0 Å². The quantitative estimate of drug-likeness (QED) is 0.852. The van der Waals surface area contributed by atoms with Crippen molar-refractivity contribution < 1.29 is 4.79 Å². The van der Waals surface area contributed by atoms with E-state index in [0.717, 1.165) is 25.0 Å². The van der Waals surface area contributed by atoms with Crippen LogP contribution in [0.4, 0.5) is 0 Å². The fourth-order valence-electron chi connectivity index (χ4n) is 3.07. The van der Waals surface area contributed by atoms with Gasteiger partial charge in [-0.1, -0.05) is 30.3 Å². The van der Waals surface area contributed by atoms with E-state index in [9.17, 15) is 4.79 Å². The van der Waals surface area contributed by atoms with Crippen LogP contribution >= 0.6 is 0 Å². The van der Waals surface area contributed by atoms with Gasteiger partial charge in [0.1, 0.15) is 0 Å².